The maximum Gasteiger partial charge on any atom is 0.264 e. The fraction of sp³-hybridized carbons (Fsp3) is 0.278. The van der Waals surface area contributed by atoms with E-state index in [0.29, 0.717) is 34.3 Å². The Kier molecular flexibility index (Phi) is 12.3. The fourth-order valence-corrected chi connectivity index (χ4v) is 6.89. The standard InChI is InChI=1S/C36H39Cl2N3O4S/c1-4-29-15-11-12-18-33(29)41(46(44,45)30-16-9-6-10-17-30)25-35(42)40(24-28-19-20-31(37)32(38)21-28)34(36(43)39-23-26(2)3)22-27-13-7-5-8-14-27/h5-21,26,34H,4,22-25H2,1-3H3,(H,39,43)/t34-/m1/s1. The molecule has 0 unspecified atom stereocenters. The molecular formula is C36H39Cl2N3O4S. The number of rotatable bonds is 14. The number of anilines is 1. The van der Waals surface area contributed by atoms with E-state index in [1.807, 2.05) is 63.2 Å². The van der Waals surface area contributed by atoms with Crippen LogP contribution < -0.4 is 9.62 Å². The van der Waals surface area contributed by atoms with Gasteiger partial charge in [-0.15, -0.1) is 0 Å². The van der Waals surface area contributed by atoms with E-state index in [1.165, 1.54) is 17.0 Å². The Balaban J connectivity index is 1.83. The number of aryl methyl sites for hydroxylation is 1. The molecule has 4 rings (SSSR count). The maximum atomic E-state index is 14.6. The van der Waals surface area contributed by atoms with Crippen LogP contribution in [0.2, 0.25) is 10.0 Å². The SMILES string of the molecule is CCc1ccccc1N(CC(=O)N(Cc1ccc(Cl)c(Cl)c1)[C@H](Cc1ccccc1)C(=O)NCC(C)C)S(=O)(=O)c1ccccc1. The Labute approximate surface area is 282 Å². The summed E-state index contributed by atoms with van der Waals surface area (Å²) in [6.07, 6.45) is 0.765. The zero-order valence-electron chi connectivity index (χ0n) is 26.2. The van der Waals surface area contributed by atoms with Crippen LogP contribution in [0.3, 0.4) is 0 Å². The van der Waals surface area contributed by atoms with Crippen LogP contribution in [0, 0.1) is 5.92 Å². The van der Waals surface area contributed by atoms with Crippen LogP contribution >= 0.6 is 23.2 Å². The van der Waals surface area contributed by atoms with Crippen LogP contribution in [0.15, 0.2) is 108 Å². The van der Waals surface area contributed by atoms with Gasteiger partial charge in [0.1, 0.15) is 12.6 Å². The number of hydrogen-bond acceptors (Lipinski definition) is 4. The number of para-hydroxylation sites is 1. The number of hydrogen-bond donors (Lipinski definition) is 1. The van der Waals surface area contributed by atoms with Crippen molar-refractivity contribution in [3.63, 3.8) is 0 Å². The summed E-state index contributed by atoms with van der Waals surface area (Å²) < 4.78 is 29.6. The molecule has 0 bridgehead atoms. The van der Waals surface area contributed by atoms with Crippen LogP contribution in [0.25, 0.3) is 0 Å². The number of carbonyl (C=O) groups is 2. The van der Waals surface area contributed by atoms with Crippen molar-refractivity contribution >= 4 is 50.7 Å². The lowest BCUT2D eigenvalue weighted by molar-refractivity contribution is -0.140. The van der Waals surface area contributed by atoms with E-state index in [4.69, 9.17) is 23.2 Å². The molecule has 4 aromatic carbocycles. The Bertz CT molecular complexity index is 1730. The number of carbonyl (C=O) groups excluding carboxylic acids is 2. The van der Waals surface area contributed by atoms with E-state index in [-0.39, 0.29) is 29.7 Å². The molecule has 0 saturated carbocycles. The van der Waals surface area contributed by atoms with Gasteiger partial charge in [-0.25, -0.2) is 8.42 Å². The van der Waals surface area contributed by atoms with Gasteiger partial charge in [0.05, 0.1) is 20.6 Å². The van der Waals surface area contributed by atoms with Crippen LogP contribution in [0.5, 0.6) is 0 Å². The average molecular weight is 681 g/mol. The van der Waals surface area contributed by atoms with Crippen molar-refractivity contribution in [2.75, 3.05) is 17.4 Å². The predicted octanol–water partition coefficient (Wildman–Crippen LogP) is 7.16. The smallest absolute Gasteiger partial charge is 0.264 e. The summed E-state index contributed by atoms with van der Waals surface area (Å²) in [6.45, 7) is 5.79. The zero-order valence-corrected chi connectivity index (χ0v) is 28.5. The molecule has 0 spiro atoms. The largest absolute Gasteiger partial charge is 0.354 e. The van der Waals surface area contributed by atoms with Gasteiger partial charge in [-0.05, 0) is 59.4 Å². The lowest BCUT2D eigenvalue weighted by Crippen LogP contribution is -2.53. The van der Waals surface area contributed by atoms with Crippen molar-refractivity contribution in [1.29, 1.82) is 0 Å². The second-order valence-electron chi connectivity index (χ2n) is 11.4. The van der Waals surface area contributed by atoms with Crippen molar-refractivity contribution < 1.29 is 18.0 Å². The minimum Gasteiger partial charge on any atom is -0.354 e. The first-order valence-electron chi connectivity index (χ1n) is 15.2. The molecular weight excluding hydrogens is 641 g/mol. The summed E-state index contributed by atoms with van der Waals surface area (Å²) in [5.74, 6) is -0.702. The topological polar surface area (TPSA) is 86.8 Å². The molecule has 0 aliphatic carbocycles. The average Bonchev–Trinajstić information content (AvgIpc) is 3.06. The Morgan fingerprint density at radius 3 is 2.07 bits per heavy atom. The molecule has 4 aromatic rings. The van der Waals surface area contributed by atoms with Crippen molar-refractivity contribution in [1.82, 2.24) is 10.2 Å². The quantitative estimate of drug-likeness (QED) is 0.153. The van der Waals surface area contributed by atoms with E-state index >= 15 is 0 Å². The van der Waals surface area contributed by atoms with Crippen molar-refractivity contribution in [2.45, 2.75) is 51.1 Å². The number of nitrogens with zero attached hydrogens (tertiary/aromatic N) is 2. The molecule has 0 heterocycles. The molecule has 0 aliphatic heterocycles. The van der Waals surface area contributed by atoms with E-state index in [1.54, 1.807) is 48.5 Å². The molecule has 0 radical (unpaired) electrons. The van der Waals surface area contributed by atoms with Gasteiger partial charge in [0.2, 0.25) is 11.8 Å². The zero-order chi connectivity index (χ0) is 33.3. The van der Waals surface area contributed by atoms with Crippen LogP contribution in [0.1, 0.15) is 37.5 Å². The number of sulfonamides is 1. The van der Waals surface area contributed by atoms with Gasteiger partial charge in [0.15, 0.2) is 0 Å². The van der Waals surface area contributed by atoms with Crippen molar-refractivity contribution in [3.05, 3.63) is 130 Å². The summed E-state index contributed by atoms with van der Waals surface area (Å²) >= 11 is 12.6. The van der Waals surface area contributed by atoms with Crippen molar-refractivity contribution in [3.8, 4) is 0 Å². The highest BCUT2D eigenvalue weighted by Gasteiger charge is 2.35. The first kappa shape index (κ1) is 35.0. The lowest BCUT2D eigenvalue weighted by Gasteiger charge is -2.34. The fourth-order valence-electron chi connectivity index (χ4n) is 5.10. The van der Waals surface area contributed by atoms with Gasteiger partial charge < -0.3 is 10.2 Å². The third-order valence-electron chi connectivity index (χ3n) is 7.54. The molecule has 7 nitrogen and oxygen atoms in total. The minimum atomic E-state index is -4.18. The van der Waals surface area contributed by atoms with E-state index in [2.05, 4.69) is 5.32 Å². The molecule has 46 heavy (non-hydrogen) atoms. The summed E-state index contributed by atoms with van der Waals surface area (Å²) in [4.78, 5) is 30.0. The van der Waals surface area contributed by atoms with Gasteiger partial charge in [-0.1, -0.05) is 117 Å². The molecule has 2 amide bonds. The van der Waals surface area contributed by atoms with Gasteiger partial charge in [0.25, 0.3) is 10.0 Å². The number of amides is 2. The summed E-state index contributed by atoms with van der Waals surface area (Å²) in [6, 6.07) is 28.7. The van der Waals surface area contributed by atoms with Crippen molar-refractivity contribution in [2.24, 2.45) is 5.92 Å². The molecule has 242 valence electrons. The first-order chi connectivity index (χ1) is 22.0. The summed E-state index contributed by atoms with van der Waals surface area (Å²) in [7, 11) is -4.18. The highest BCUT2D eigenvalue weighted by atomic mass is 35.5. The normalized spacial score (nSPS) is 12.0. The molecule has 10 heteroatoms. The second-order valence-corrected chi connectivity index (χ2v) is 14.1. The predicted molar refractivity (Wildman–Crippen MR) is 186 cm³/mol. The third-order valence-corrected chi connectivity index (χ3v) is 10.1. The van der Waals surface area contributed by atoms with Crippen LogP contribution in [-0.2, 0) is 39.0 Å². The minimum absolute atomic E-state index is 0.00301. The first-order valence-corrected chi connectivity index (χ1v) is 17.4. The van der Waals surface area contributed by atoms with Gasteiger partial charge in [-0.2, -0.15) is 0 Å². The van der Waals surface area contributed by atoms with E-state index in [0.717, 1.165) is 15.4 Å². The molecule has 0 fully saturated rings. The molecule has 0 aliphatic rings. The van der Waals surface area contributed by atoms with Gasteiger partial charge in [0, 0.05) is 19.5 Å². The van der Waals surface area contributed by atoms with E-state index in [9.17, 15) is 18.0 Å². The Morgan fingerprint density at radius 1 is 0.804 bits per heavy atom. The third kappa shape index (κ3) is 8.90. The lowest BCUT2D eigenvalue weighted by atomic mass is 10.0. The number of halogens is 2. The molecule has 0 saturated heterocycles. The highest BCUT2D eigenvalue weighted by molar-refractivity contribution is 7.92. The summed E-state index contributed by atoms with van der Waals surface area (Å²) in [5.41, 5.74) is 2.66. The molecule has 1 atom stereocenters. The second kappa shape index (κ2) is 16.1. The summed E-state index contributed by atoms with van der Waals surface area (Å²) in [5, 5.41) is 3.65. The molecule has 0 aromatic heterocycles. The number of benzene rings is 4. The van der Waals surface area contributed by atoms with Crippen LogP contribution in [-0.4, -0.2) is 44.3 Å². The monoisotopic (exact) mass is 679 g/mol. The highest BCUT2D eigenvalue weighted by Crippen LogP contribution is 2.29. The number of nitrogens with one attached hydrogen (secondary N) is 1. The molecule has 1 N–H and O–H groups in total. The van der Waals surface area contributed by atoms with E-state index < -0.39 is 28.5 Å². The Hall–Kier alpha value is -3.85. The van der Waals surface area contributed by atoms with Gasteiger partial charge in [-0.3, -0.25) is 13.9 Å². The van der Waals surface area contributed by atoms with Crippen LogP contribution in [0.4, 0.5) is 5.69 Å². The Morgan fingerprint density at radius 2 is 1.43 bits per heavy atom. The maximum absolute atomic E-state index is 14.6. The van der Waals surface area contributed by atoms with Gasteiger partial charge >= 0.3 is 0 Å².